The molecule has 2 saturated carbocycles. The highest BCUT2D eigenvalue weighted by atomic mass is 16.5. The Kier molecular flexibility index (Phi) is 4.18. The SMILES string of the molecule is Cc1cccc(C)c1OCCNC(=O)[C@H]1C[C@H]2CC[C@H]1C2. The van der Waals surface area contributed by atoms with Crippen LogP contribution in [-0.4, -0.2) is 19.1 Å². The van der Waals surface area contributed by atoms with E-state index in [0.29, 0.717) is 19.1 Å². The first-order chi connectivity index (χ1) is 10.1. The topological polar surface area (TPSA) is 38.3 Å². The van der Waals surface area contributed by atoms with Gasteiger partial charge in [-0.15, -0.1) is 0 Å². The fraction of sp³-hybridized carbons (Fsp3) is 0.611. The number of para-hydroxylation sites is 1. The number of amides is 1. The smallest absolute Gasteiger partial charge is 0.223 e. The number of rotatable bonds is 5. The Morgan fingerprint density at radius 3 is 2.62 bits per heavy atom. The highest BCUT2D eigenvalue weighted by molar-refractivity contribution is 5.79. The van der Waals surface area contributed by atoms with Gasteiger partial charge in [-0.1, -0.05) is 24.6 Å². The number of benzene rings is 1. The van der Waals surface area contributed by atoms with Gasteiger partial charge in [0, 0.05) is 5.92 Å². The van der Waals surface area contributed by atoms with Gasteiger partial charge >= 0.3 is 0 Å². The van der Waals surface area contributed by atoms with Crippen LogP contribution in [-0.2, 0) is 4.79 Å². The summed E-state index contributed by atoms with van der Waals surface area (Å²) in [6.07, 6.45) is 4.97. The van der Waals surface area contributed by atoms with E-state index in [-0.39, 0.29) is 11.8 Å². The van der Waals surface area contributed by atoms with Crippen molar-refractivity contribution in [2.24, 2.45) is 17.8 Å². The number of ether oxygens (including phenoxy) is 1. The molecule has 0 aromatic heterocycles. The molecule has 2 fully saturated rings. The Morgan fingerprint density at radius 1 is 1.24 bits per heavy atom. The second-order valence-corrected chi connectivity index (χ2v) is 6.64. The summed E-state index contributed by atoms with van der Waals surface area (Å²) >= 11 is 0. The van der Waals surface area contributed by atoms with Crippen molar-refractivity contribution >= 4 is 5.91 Å². The molecule has 3 rings (SSSR count). The van der Waals surface area contributed by atoms with Gasteiger partial charge in [0.25, 0.3) is 0 Å². The first-order valence-electron chi connectivity index (χ1n) is 8.12. The van der Waals surface area contributed by atoms with E-state index >= 15 is 0 Å². The molecule has 1 aromatic carbocycles. The number of aryl methyl sites for hydroxylation is 2. The minimum absolute atomic E-state index is 0.243. The monoisotopic (exact) mass is 287 g/mol. The highest BCUT2D eigenvalue weighted by Crippen LogP contribution is 2.48. The lowest BCUT2D eigenvalue weighted by Gasteiger charge is -2.21. The average Bonchev–Trinajstić information content (AvgIpc) is 3.08. The van der Waals surface area contributed by atoms with E-state index in [1.807, 2.05) is 6.07 Å². The van der Waals surface area contributed by atoms with Gasteiger partial charge in [0.1, 0.15) is 12.4 Å². The van der Waals surface area contributed by atoms with Crippen molar-refractivity contribution in [3.8, 4) is 5.75 Å². The third-order valence-electron chi connectivity index (χ3n) is 5.13. The summed E-state index contributed by atoms with van der Waals surface area (Å²) in [4.78, 5) is 12.2. The van der Waals surface area contributed by atoms with Crippen LogP contribution < -0.4 is 10.1 Å². The van der Waals surface area contributed by atoms with Crippen molar-refractivity contribution in [2.75, 3.05) is 13.2 Å². The van der Waals surface area contributed by atoms with Crippen LogP contribution in [0.3, 0.4) is 0 Å². The molecule has 1 aromatic rings. The van der Waals surface area contributed by atoms with Crippen LogP contribution in [0.2, 0.25) is 0 Å². The number of carbonyl (C=O) groups is 1. The van der Waals surface area contributed by atoms with Gasteiger partial charge in [-0.2, -0.15) is 0 Å². The second-order valence-electron chi connectivity index (χ2n) is 6.64. The third-order valence-corrected chi connectivity index (χ3v) is 5.13. The predicted molar refractivity (Wildman–Crippen MR) is 83.4 cm³/mol. The molecule has 0 spiro atoms. The van der Waals surface area contributed by atoms with Crippen LogP contribution in [0.25, 0.3) is 0 Å². The lowest BCUT2D eigenvalue weighted by Crippen LogP contribution is -2.36. The summed E-state index contributed by atoms with van der Waals surface area (Å²) in [5.41, 5.74) is 2.30. The molecular formula is C18H25NO2. The van der Waals surface area contributed by atoms with E-state index in [1.54, 1.807) is 0 Å². The van der Waals surface area contributed by atoms with Crippen molar-refractivity contribution in [2.45, 2.75) is 39.5 Å². The zero-order valence-electron chi connectivity index (χ0n) is 13.0. The van der Waals surface area contributed by atoms with Crippen LogP contribution in [0.1, 0.15) is 36.8 Å². The van der Waals surface area contributed by atoms with Gasteiger partial charge in [0.05, 0.1) is 6.54 Å². The van der Waals surface area contributed by atoms with E-state index in [1.165, 1.54) is 19.3 Å². The lowest BCUT2D eigenvalue weighted by molar-refractivity contribution is -0.126. The molecule has 21 heavy (non-hydrogen) atoms. The van der Waals surface area contributed by atoms with Gasteiger partial charge in [0.15, 0.2) is 0 Å². The Hall–Kier alpha value is -1.51. The summed E-state index contributed by atoms with van der Waals surface area (Å²) in [6, 6.07) is 6.14. The summed E-state index contributed by atoms with van der Waals surface area (Å²) in [7, 11) is 0. The molecule has 0 saturated heterocycles. The summed E-state index contributed by atoms with van der Waals surface area (Å²) < 4.78 is 5.83. The quantitative estimate of drug-likeness (QED) is 0.844. The van der Waals surface area contributed by atoms with Gasteiger partial charge < -0.3 is 10.1 Å². The number of nitrogens with one attached hydrogen (secondary N) is 1. The summed E-state index contributed by atoms with van der Waals surface area (Å²) in [6.45, 7) is 5.24. The van der Waals surface area contributed by atoms with Crippen LogP contribution in [0.5, 0.6) is 5.75 Å². The summed E-state index contributed by atoms with van der Waals surface area (Å²) in [5, 5.41) is 3.05. The molecule has 2 aliphatic rings. The molecule has 3 heteroatoms. The molecule has 1 amide bonds. The molecule has 1 N–H and O–H groups in total. The van der Waals surface area contributed by atoms with E-state index in [9.17, 15) is 4.79 Å². The number of carbonyl (C=O) groups excluding carboxylic acids is 1. The lowest BCUT2D eigenvalue weighted by atomic mass is 9.88. The van der Waals surface area contributed by atoms with Gasteiger partial charge in [0.2, 0.25) is 5.91 Å². The second kappa shape index (κ2) is 6.08. The first kappa shape index (κ1) is 14.4. The Bertz CT molecular complexity index is 506. The fourth-order valence-corrected chi connectivity index (χ4v) is 4.05. The minimum atomic E-state index is 0.243. The van der Waals surface area contributed by atoms with Crippen molar-refractivity contribution < 1.29 is 9.53 Å². The zero-order valence-corrected chi connectivity index (χ0v) is 13.0. The maximum atomic E-state index is 12.2. The minimum Gasteiger partial charge on any atom is -0.491 e. The molecular weight excluding hydrogens is 262 g/mol. The first-order valence-corrected chi connectivity index (χ1v) is 8.12. The molecule has 3 atom stereocenters. The summed E-state index contributed by atoms with van der Waals surface area (Å²) in [5.74, 6) is 2.93. The number of fused-ring (bicyclic) bond motifs is 2. The Balaban J connectivity index is 1.43. The normalized spacial score (nSPS) is 26.9. The number of hydrogen-bond acceptors (Lipinski definition) is 2. The van der Waals surface area contributed by atoms with Crippen molar-refractivity contribution in [3.63, 3.8) is 0 Å². The Morgan fingerprint density at radius 2 is 2.00 bits per heavy atom. The maximum absolute atomic E-state index is 12.2. The van der Waals surface area contributed by atoms with Crippen molar-refractivity contribution in [1.82, 2.24) is 5.32 Å². The van der Waals surface area contributed by atoms with E-state index in [4.69, 9.17) is 4.74 Å². The van der Waals surface area contributed by atoms with Crippen LogP contribution >= 0.6 is 0 Å². The molecule has 3 nitrogen and oxygen atoms in total. The highest BCUT2D eigenvalue weighted by Gasteiger charge is 2.42. The third kappa shape index (κ3) is 3.07. The van der Waals surface area contributed by atoms with E-state index in [0.717, 1.165) is 29.2 Å². The molecule has 2 bridgehead atoms. The van der Waals surface area contributed by atoms with Crippen LogP contribution in [0.15, 0.2) is 18.2 Å². The van der Waals surface area contributed by atoms with Gasteiger partial charge in [-0.3, -0.25) is 4.79 Å². The van der Waals surface area contributed by atoms with Gasteiger partial charge in [-0.25, -0.2) is 0 Å². The maximum Gasteiger partial charge on any atom is 0.223 e. The molecule has 0 heterocycles. The molecule has 114 valence electrons. The molecule has 0 aliphatic heterocycles. The molecule has 2 aliphatic carbocycles. The van der Waals surface area contributed by atoms with Gasteiger partial charge in [-0.05, 0) is 56.1 Å². The Labute approximate surface area is 127 Å². The number of hydrogen-bond donors (Lipinski definition) is 1. The zero-order chi connectivity index (χ0) is 14.8. The molecule has 0 radical (unpaired) electrons. The average molecular weight is 287 g/mol. The largest absolute Gasteiger partial charge is 0.491 e. The standard InChI is InChI=1S/C18H25NO2/c1-12-4-3-5-13(2)17(12)21-9-8-19-18(20)16-11-14-6-7-15(16)10-14/h3-5,14-16H,6-11H2,1-2H3,(H,19,20)/t14-,15-,16-/m0/s1. The van der Waals surface area contributed by atoms with E-state index < -0.39 is 0 Å². The molecule has 0 unspecified atom stereocenters. The van der Waals surface area contributed by atoms with E-state index in [2.05, 4.69) is 31.3 Å². The van der Waals surface area contributed by atoms with Crippen molar-refractivity contribution in [3.05, 3.63) is 29.3 Å². The van der Waals surface area contributed by atoms with Crippen molar-refractivity contribution in [1.29, 1.82) is 0 Å². The van der Waals surface area contributed by atoms with Crippen LogP contribution in [0.4, 0.5) is 0 Å². The van der Waals surface area contributed by atoms with Crippen LogP contribution in [0, 0.1) is 31.6 Å². The fourth-order valence-electron chi connectivity index (χ4n) is 4.05. The predicted octanol–water partition coefficient (Wildman–Crippen LogP) is 3.23.